The summed E-state index contributed by atoms with van der Waals surface area (Å²) in [4.78, 5) is 3.89. The van der Waals surface area contributed by atoms with Gasteiger partial charge < -0.3 is 5.73 Å². The summed E-state index contributed by atoms with van der Waals surface area (Å²) in [5, 5.41) is 0.140. The second-order valence-electron chi connectivity index (χ2n) is 3.86. The van der Waals surface area contributed by atoms with E-state index in [1.54, 1.807) is 13.8 Å². The summed E-state index contributed by atoms with van der Waals surface area (Å²) < 4.78 is 37.4. The van der Waals surface area contributed by atoms with Gasteiger partial charge in [-0.05, 0) is 18.2 Å². The van der Waals surface area contributed by atoms with E-state index in [-0.39, 0.29) is 22.5 Å². The Bertz CT molecular complexity index is 439. The molecule has 0 aliphatic carbocycles. The van der Waals surface area contributed by atoms with Crippen LogP contribution in [-0.4, -0.2) is 5.84 Å². The van der Waals surface area contributed by atoms with Crippen LogP contribution in [0.25, 0.3) is 0 Å². The van der Waals surface area contributed by atoms with Gasteiger partial charge in [-0.1, -0.05) is 25.4 Å². The van der Waals surface area contributed by atoms with Gasteiger partial charge in [-0.15, -0.1) is 0 Å². The molecule has 1 aromatic rings. The maximum Gasteiger partial charge on any atom is 0.416 e. The van der Waals surface area contributed by atoms with Crippen LogP contribution in [0.2, 0.25) is 5.02 Å². The second kappa shape index (κ2) is 4.96. The number of hydrogen-bond acceptors (Lipinski definition) is 1. The van der Waals surface area contributed by atoms with Crippen LogP contribution in [0.5, 0.6) is 0 Å². The molecule has 0 bridgehead atoms. The number of alkyl halides is 3. The summed E-state index contributed by atoms with van der Waals surface area (Å²) in [6.07, 6.45) is -4.42. The van der Waals surface area contributed by atoms with Crippen LogP contribution in [0.1, 0.15) is 19.4 Å². The molecule has 0 aromatic heterocycles. The highest BCUT2D eigenvalue weighted by Crippen LogP contribution is 2.35. The van der Waals surface area contributed by atoms with Crippen molar-refractivity contribution in [2.75, 3.05) is 0 Å². The molecule has 2 nitrogen and oxygen atoms in total. The Morgan fingerprint density at radius 3 is 2.41 bits per heavy atom. The Kier molecular flexibility index (Phi) is 4.03. The van der Waals surface area contributed by atoms with E-state index < -0.39 is 11.7 Å². The Labute approximate surface area is 102 Å². The first-order valence-corrected chi connectivity index (χ1v) is 5.30. The van der Waals surface area contributed by atoms with Gasteiger partial charge in [0.2, 0.25) is 0 Å². The quantitative estimate of drug-likeness (QED) is 0.636. The molecule has 0 atom stereocenters. The fourth-order valence-corrected chi connectivity index (χ4v) is 1.20. The molecule has 1 aromatic carbocycles. The first kappa shape index (κ1) is 13.8. The maximum absolute atomic E-state index is 12.5. The molecule has 0 fully saturated rings. The van der Waals surface area contributed by atoms with Gasteiger partial charge in [0.05, 0.1) is 16.3 Å². The number of nitrogens with zero attached hydrogens (tertiary/aromatic N) is 1. The lowest BCUT2D eigenvalue weighted by Crippen LogP contribution is -2.18. The highest BCUT2D eigenvalue weighted by Gasteiger charge is 2.30. The number of aliphatic imine (C=N–C) groups is 1. The summed E-state index contributed by atoms with van der Waals surface area (Å²) in [5.41, 5.74) is 4.83. The number of halogens is 4. The van der Waals surface area contributed by atoms with E-state index in [1.807, 2.05) is 0 Å². The highest BCUT2D eigenvalue weighted by molar-refractivity contribution is 6.33. The van der Waals surface area contributed by atoms with Gasteiger partial charge in [0, 0.05) is 5.92 Å². The molecule has 0 saturated heterocycles. The molecule has 1 rings (SSSR count). The third-order valence-corrected chi connectivity index (χ3v) is 2.43. The predicted octanol–water partition coefficient (Wildman–Crippen LogP) is 4.00. The van der Waals surface area contributed by atoms with Gasteiger partial charge in [0.25, 0.3) is 0 Å². The summed E-state index contributed by atoms with van der Waals surface area (Å²) in [5.74, 6) is 0.187. The SMILES string of the molecule is CC(C)C(N)=Nc1cc(C(F)(F)F)ccc1Cl. The van der Waals surface area contributed by atoms with E-state index in [0.717, 1.165) is 18.2 Å². The van der Waals surface area contributed by atoms with Gasteiger partial charge in [0.1, 0.15) is 5.84 Å². The zero-order valence-electron chi connectivity index (χ0n) is 9.35. The van der Waals surface area contributed by atoms with Crippen LogP contribution in [0.4, 0.5) is 18.9 Å². The average Bonchev–Trinajstić information content (AvgIpc) is 2.19. The van der Waals surface area contributed by atoms with E-state index in [1.165, 1.54) is 0 Å². The lowest BCUT2D eigenvalue weighted by atomic mass is 10.2. The van der Waals surface area contributed by atoms with Crippen molar-refractivity contribution in [1.82, 2.24) is 0 Å². The van der Waals surface area contributed by atoms with Crippen LogP contribution in [0.3, 0.4) is 0 Å². The topological polar surface area (TPSA) is 38.4 Å². The normalized spacial score (nSPS) is 13.2. The Hall–Kier alpha value is -1.23. The molecular weight excluding hydrogens is 253 g/mol. The van der Waals surface area contributed by atoms with Crippen molar-refractivity contribution >= 4 is 23.1 Å². The largest absolute Gasteiger partial charge is 0.416 e. The summed E-state index contributed by atoms with van der Waals surface area (Å²) >= 11 is 5.77. The van der Waals surface area contributed by atoms with Gasteiger partial charge in [-0.3, -0.25) is 0 Å². The lowest BCUT2D eigenvalue weighted by Gasteiger charge is -2.09. The van der Waals surface area contributed by atoms with Crippen molar-refractivity contribution in [2.45, 2.75) is 20.0 Å². The fraction of sp³-hybridized carbons (Fsp3) is 0.364. The van der Waals surface area contributed by atoms with Crippen LogP contribution >= 0.6 is 11.6 Å². The molecule has 0 saturated carbocycles. The van der Waals surface area contributed by atoms with Crippen molar-refractivity contribution in [3.05, 3.63) is 28.8 Å². The minimum atomic E-state index is -4.42. The highest BCUT2D eigenvalue weighted by atomic mass is 35.5. The average molecular weight is 265 g/mol. The number of benzene rings is 1. The van der Waals surface area contributed by atoms with Crippen molar-refractivity contribution in [3.63, 3.8) is 0 Å². The maximum atomic E-state index is 12.5. The van der Waals surface area contributed by atoms with Crippen molar-refractivity contribution in [3.8, 4) is 0 Å². The van der Waals surface area contributed by atoms with Crippen molar-refractivity contribution in [2.24, 2.45) is 16.6 Å². The first-order chi connectivity index (χ1) is 7.71. The van der Waals surface area contributed by atoms with Crippen molar-refractivity contribution < 1.29 is 13.2 Å². The van der Waals surface area contributed by atoms with Crippen LogP contribution in [0.15, 0.2) is 23.2 Å². The number of amidine groups is 1. The van der Waals surface area contributed by atoms with Crippen LogP contribution < -0.4 is 5.73 Å². The molecule has 94 valence electrons. The molecule has 2 N–H and O–H groups in total. The van der Waals surface area contributed by atoms with E-state index in [0.29, 0.717) is 0 Å². The second-order valence-corrected chi connectivity index (χ2v) is 4.26. The van der Waals surface area contributed by atoms with E-state index in [4.69, 9.17) is 17.3 Å². The number of hydrogen-bond donors (Lipinski definition) is 1. The minimum Gasteiger partial charge on any atom is -0.387 e. The molecular formula is C11H12ClF3N2. The minimum absolute atomic E-state index is 0.0349. The molecule has 0 heterocycles. The smallest absolute Gasteiger partial charge is 0.387 e. The molecule has 0 unspecified atom stereocenters. The van der Waals surface area contributed by atoms with Gasteiger partial charge >= 0.3 is 6.18 Å². The molecule has 0 aliphatic rings. The molecule has 6 heteroatoms. The molecule has 0 aliphatic heterocycles. The number of nitrogens with two attached hydrogens (primary N) is 1. The fourth-order valence-electron chi connectivity index (χ4n) is 1.04. The Morgan fingerprint density at radius 1 is 1.35 bits per heavy atom. The predicted molar refractivity (Wildman–Crippen MR) is 62.6 cm³/mol. The van der Waals surface area contributed by atoms with E-state index >= 15 is 0 Å². The third kappa shape index (κ3) is 3.63. The Balaban J connectivity index is 3.21. The van der Waals surface area contributed by atoms with Gasteiger partial charge in [-0.2, -0.15) is 13.2 Å². The van der Waals surface area contributed by atoms with Crippen molar-refractivity contribution in [1.29, 1.82) is 0 Å². The summed E-state index contributed by atoms with van der Waals surface area (Å²) in [7, 11) is 0. The van der Waals surface area contributed by atoms with E-state index in [9.17, 15) is 13.2 Å². The standard InChI is InChI=1S/C11H12ClF3N2/c1-6(2)10(16)17-9-5-7(11(13,14)15)3-4-8(9)12/h3-6H,1-2H3,(H2,16,17). The number of rotatable bonds is 2. The molecule has 0 radical (unpaired) electrons. The van der Waals surface area contributed by atoms with Gasteiger partial charge in [-0.25, -0.2) is 4.99 Å². The first-order valence-electron chi connectivity index (χ1n) is 4.92. The summed E-state index contributed by atoms with van der Waals surface area (Å²) in [6, 6.07) is 2.96. The van der Waals surface area contributed by atoms with Crippen LogP contribution in [0, 0.1) is 5.92 Å². The third-order valence-electron chi connectivity index (χ3n) is 2.11. The Morgan fingerprint density at radius 2 is 1.94 bits per heavy atom. The molecule has 17 heavy (non-hydrogen) atoms. The van der Waals surface area contributed by atoms with Gasteiger partial charge in [0.15, 0.2) is 0 Å². The summed E-state index contributed by atoms with van der Waals surface area (Å²) in [6.45, 7) is 3.58. The molecule has 0 amide bonds. The monoisotopic (exact) mass is 264 g/mol. The lowest BCUT2D eigenvalue weighted by molar-refractivity contribution is -0.137. The molecule has 0 spiro atoms. The zero-order chi connectivity index (χ0) is 13.2. The zero-order valence-corrected chi connectivity index (χ0v) is 10.1. The van der Waals surface area contributed by atoms with E-state index in [2.05, 4.69) is 4.99 Å². The van der Waals surface area contributed by atoms with Crippen LogP contribution in [-0.2, 0) is 6.18 Å².